The largest absolute Gasteiger partial charge is 0.377 e. The number of ether oxygens (including phenoxy) is 1. The molecule has 1 N–H and O–H groups in total. The first-order valence-electron chi connectivity index (χ1n) is 8.44. The molecule has 0 aliphatic carbocycles. The van der Waals surface area contributed by atoms with Crippen LogP contribution in [0.25, 0.3) is 0 Å². The summed E-state index contributed by atoms with van der Waals surface area (Å²) < 4.78 is 18.9. The molecule has 1 aliphatic heterocycles. The first kappa shape index (κ1) is 16.9. The monoisotopic (exact) mass is 329 g/mol. The number of nitrogens with one attached hydrogen (secondary N) is 1. The summed E-state index contributed by atoms with van der Waals surface area (Å²) in [6.45, 7) is 3.26. The highest BCUT2D eigenvalue weighted by atomic mass is 19.1. The van der Waals surface area contributed by atoms with Crippen molar-refractivity contribution in [3.63, 3.8) is 0 Å². The van der Waals surface area contributed by atoms with Crippen LogP contribution in [0.15, 0.2) is 42.6 Å². The minimum atomic E-state index is -0.200. The molecule has 2 heterocycles. The van der Waals surface area contributed by atoms with Gasteiger partial charge in [-0.2, -0.15) is 0 Å². The summed E-state index contributed by atoms with van der Waals surface area (Å²) in [4.78, 5) is 6.73. The van der Waals surface area contributed by atoms with Gasteiger partial charge in [-0.25, -0.2) is 9.37 Å². The van der Waals surface area contributed by atoms with Crippen LogP contribution in [0.5, 0.6) is 0 Å². The van der Waals surface area contributed by atoms with E-state index >= 15 is 0 Å². The Morgan fingerprint density at radius 1 is 1.25 bits per heavy atom. The fraction of sp³-hybridized carbons (Fsp3) is 0.421. The minimum Gasteiger partial charge on any atom is -0.377 e. The predicted molar refractivity (Wildman–Crippen MR) is 93.3 cm³/mol. The average molecular weight is 329 g/mol. The molecule has 4 nitrogen and oxygen atoms in total. The van der Waals surface area contributed by atoms with Gasteiger partial charge in [0.25, 0.3) is 0 Å². The van der Waals surface area contributed by atoms with Crippen LogP contribution in [0.3, 0.4) is 0 Å². The molecule has 0 unspecified atom stereocenters. The van der Waals surface area contributed by atoms with Crippen LogP contribution < -0.4 is 5.32 Å². The Labute approximate surface area is 142 Å². The van der Waals surface area contributed by atoms with Crippen molar-refractivity contribution in [1.82, 2.24) is 9.88 Å². The number of benzene rings is 1. The molecule has 0 spiro atoms. The lowest BCUT2D eigenvalue weighted by Gasteiger charge is -2.26. The molecule has 1 saturated heterocycles. The second kappa shape index (κ2) is 8.22. The van der Waals surface area contributed by atoms with Gasteiger partial charge in [0.2, 0.25) is 0 Å². The van der Waals surface area contributed by atoms with Gasteiger partial charge in [0.15, 0.2) is 0 Å². The van der Waals surface area contributed by atoms with Gasteiger partial charge in [0.05, 0.1) is 6.10 Å². The maximum atomic E-state index is 13.1. The maximum Gasteiger partial charge on any atom is 0.130 e. The van der Waals surface area contributed by atoms with Gasteiger partial charge in [-0.1, -0.05) is 18.2 Å². The van der Waals surface area contributed by atoms with Gasteiger partial charge in [0, 0.05) is 45.0 Å². The van der Waals surface area contributed by atoms with Gasteiger partial charge in [0.1, 0.15) is 11.6 Å². The van der Waals surface area contributed by atoms with Gasteiger partial charge in [-0.15, -0.1) is 0 Å². The highest BCUT2D eigenvalue weighted by Crippen LogP contribution is 2.19. The van der Waals surface area contributed by atoms with Crippen LogP contribution in [0.1, 0.15) is 24.0 Å². The Morgan fingerprint density at radius 2 is 2.08 bits per heavy atom. The second-order valence-corrected chi connectivity index (χ2v) is 6.19. The zero-order valence-electron chi connectivity index (χ0n) is 14.0. The van der Waals surface area contributed by atoms with Crippen molar-refractivity contribution < 1.29 is 9.13 Å². The molecule has 1 atom stereocenters. The lowest BCUT2D eigenvalue weighted by atomic mass is 10.1. The molecule has 5 heteroatoms. The third kappa shape index (κ3) is 4.52. The number of pyridine rings is 1. The van der Waals surface area contributed by atoms with E-state index < -0.39 is 0 Å². The topological polar surface area (TPSA) is 37.4 Å². The van der Waals surface area contributed by atoms with Crippen LogP contribution in [-0.2, 0) is 17.8 Å². The van der Waals surface area contributed by atoms with Crippen molar-refractivity contribution in [2.45, 2.75) is 32.0 Å². The van der Waals surface area contributed by atoms with E-state index in [1.807, 2.05) is 25.2 Å². The molecule has 3 rings (SSSR count). The lowest BCUT2D eigenvalue weighted by Crippen LogP contribution is -2.31. The molecule has 1 aliphatic rings. The van der Waals surface area contributed by atoms with Crippen molar-refractivity contribution in [3.05, 3.63) is 59.5 Å². The summed E-state index contributed by atoms with van der Waals surface area (Å²) in [5, 5.41) is 3.15. The smallest absolute Gasteiger partial charge is 0.130 e. The van der Waals surface area contributed by atoms with Gasteiger partial charge < -0.3 is 10.1 Å². The molecule has 1 aromatic carbocycles. The minimum absolute atomic E-state index is 0.200. The Bertz CT molecular complexity index is 641. The predicted octanol–water partition coefficient (Wildman–Crippen LogP) is 3.44. The first-order chi connectivity index (χ1) is 11.7. The lowest BCUT2D eigenvalue weighted by molar-refractivity contribution is 0.0679. The van der Waals surface area contributed by atoms with E-state index in [1.165, 1.54) is 12.1 Å². The molecule has 2 aromatic rings. The van der Waals surface area contributed by atoms with Crippen molar-refractivity contribution in [3.8, 4) is 0 Å². The van der Waals surface area contributed by atoms with Crippen molar-refractivity contribution in [2.24, 2.45) is 0 Å². The van der Waals surface area contributed by atoms with Gasteiger partial charge in [-0.3, -0.25) is 4.90 Å². The van der Waals surface area contributed by atoms with E-state index in [0.717, 1.165) is 56.0 Å². The standard InChI is InChI=1S/C19H24FN3O/c1-21-19-16(4-2-10-22-19)13-23(14-18-5-3-11-24-18)12-15-6-8-17(20)9-7-15/h2,4,6-10,18H,3,5,11-14H2,1H3,(H,21,22)/t18-/m0/s1. The summed E-state index contributed by atoms with van der Waals surface area (Å²) in [5.74, 6) is 0.697. The fourth-order valence-electron chi connectivity index (χ4n) is 3.14. The van der Waals surface area contributed by atoms with Crippen LogP contribution in [0.2, 0.25) is 0 Å². The third-order valence-electron chi connectivity index (χ3n) is 4.33. The number of hydrogen-bond donors (Lipinski definition) is 1. The Morgan fingerprint density at radius 3 is 2.79 bits per heavy atom. The number of hydrogen-bond acceptors (Lipinski definition) is 4. The van der Waals surface area contributed by atoms with Crippen LogP contribution in [-0.4, -0.2) is 36.2 Å². The van der Waals surface area contributed by atoms with E-state index in [0.29, 0.717) is 0 Å². The van der Waals surface area contributed by atoms with E-state index in [1.54, 1.807) is 6.20 Å². The normalized spacial score (nSPS) is 17.4. The number of halogens is 1. The molecular weight excluding hydrogens is 305 g/mol. The summed E-state index contributed by atoms with van der Waals surface area (Å²) in [5.41, 5.74) is 2.25. The Hall–Kier alpha value is -1.98. The van der Waals surface area contributed by atoms with Gasteiger partial charge in [-0.05, 0) is 36.6 Å². The second-order valence-electron chi connectivity index (χ2n) is 6.19. The molecule has 128 valence electrons. The molecule has 0 saturated carbocycles. The SMILES string of the molecule is CNc1ncccc1CN(Cc1ccc(F)cc1)C[C@@H]1CCCO1. The summed E-state index contributed by atoms with van der Waals surface area (Å²) >= 11 is 0. The van der Waals surface area contributed by atoms with Crippen LogP contribution >= 0.6 is 0 Å². The maximum absolute atomic E-state index is 13.1. The molecular formula is C19H24FN3O. The Kier molecular flexibility index (Phi) is 5.77. The summed E-state index contributed by atoms with van der Waals surface area (Å²) in [7, 11) is 1.89. The first-order valence-corrected chi connectivity index (χ1v) is 8.44. The molecule has 0 bridgehead atoms. The van der Waals surface area contributed by atoms with Crippen molar-refractivity contribution >= 4 is 5.82 Å². The van der Waals surface area contributed by atoms with E-state index in [4.69, 9.17) is 4.74 Å². The summed E-state index contributed by atoms with van der Waals surface area (Å²) in [6.07, 6.45) is 4.30. The number of rotatable bonds is 7. The highest BCUT2D eigenvalue weighted by Gasteiger charge is 2.20. The van der Waals surface area contributed by atoms with Gasteiger partial charge >= 0.3 is 0 Å². The van der Waals surface area contributed by atoms with E-state index in [9.17, 15) is 4.39 Å². The van der Waals surface area contributed by atoms with E-state index in [2.05, 4.69) is 21.3 Å². The average Bonchev–Trinajstić information content (AvgIpc) is 3.10. The number of aromatic nitrogens is 1. The molecule has 24 heavy (non-hydrogen) atoms. The quantitative estimate of drug-likeness (QED) is 0.844. The van der Waals surface area contributed by atoms with Crippen molar-refractivity contribution in [1.29, 1.82) is 0 Å². The molecule has 0 radical (unpaired) electrons. The molecule has 0 amide bonds. The number of anilines is 1. The van der Waals surface area contributed by atoms with Crippen LogP contribution in [0, 0.1) is 5.82 Å². The zero-order chi connectivity index (χ0) is 16.8. The van der Waals surface area contributed by atoms with E-state index in [-0.39, 0.29) is 11.9 Å². The third-order valence-corrected chi connectivity index (χ3v) is 4.33. The Balaban J connectivity index is 1.74. The molecule has 1 aromatic heterocycles. The highest BCUT2D eigenvalue weighted by molar-refractivity contribution is 5.42. The van der Waals surface area contributed by atoms with Crippen molar-refractivity contribution in [2.75, 3.05) is 25.5 Å². The zero-order valence-corrected chi connectivity index (χ0v) is 14.0. The summed E-state index contributed by atoms with van der Waals surface area (Å²) in [6, 6.07) is 10.8. The fourth-order valence-corrected chi connectivity index (χ4v) is 3.14. The number of nitrogens with zero attached hydrogens (tertiary/aromatic N) is 2. The van der Waals surface area contributed by atoms with Crippen LogP contribution in [0.4, 0.5) is 10.2 Å². The molecule has 1 fully saturated rings.